The van der Waals surface area contributed by atoms with Gasteiger partial charge in [-0.15, -0.1) is 0 Å². The Labute approximate surface area is 100 Å². The number of methoxy groups -OCH3 is 1. The molecule has 0 aromatic heterocycles. The van der Waals surface area contributed by atoms with Gasteiger partial charge in [0.15, 0.2) is 5.75 Å². The van der Waals surface area contributed by atoms with Crippen molar-refractivity contribution in [2.75, 3.05) is 7.11 Å². The van der Waals surface area contributed by atoms with E-state index in [1.54, 1.807) is 7.11 Å². The molecular formula is C11H15Cl2NO. The Morgan fingerprint density at radius 3 is 2.27 bits per heavy atom. The molecule has 1 unspecified atom stereocenters. The van der Waals surface area contributed by atoms with Crippen LogP contribution in [-0.4, -0.2) is 13.2 Å². The fourth-order valence-corrected chi connectivity index (χ4v) is 2.06. The SMILES string of the molecule is CCC(N)Cc1cc(Cl)c(OC)c(Cl)c1. The summed E-state index contributed by atoms with van der Waals surface area (Å²) in [5.74, 6) is 0.521. The highest BCUT2D eigenvalue weighted by Gasteiger charge is 2.10. The van der Waals surface area contributed by atoms with Crippen molar-refractivity contribution in [1.82, 2.24) is 0 Å². The van der Waals surface area contributed by atoms with Gasteiger partial charge in [0, 0.05) is 6.04 Å². The standard InChI is InChI=1S/C11H15Cl2NO/c1-3-8(14)4-7-5-9(12)11(15-2)10(13)6-7/h5-6,8H,3-4,14H2,1-2H3. The van der Waals surface area contributed by atoms with Crippen molar-refractivity contribution in [1.29, 1.82) is 0 Å². The third-order valence-electron chi connectivity index (χ3n) is 2.28. The normalized spacial score (nSPS) is 12.6. The highest BCUT2D eigenvalue weighted by Crippen LogP contribution is 2.34. The summed E-state index contributed by atoms with van der Waals surface area (Å²) < 4.78 is 5.07. The average molecular weight is 248 g/mol. The zero-order valence-corrected chi connectivity index (χ0v) is 10.4. The molecule has 0 fully saturated rings. The minimum absolute atomic E-state index is 0.144. The van der Waals surface area contributed by atoms with Gasteiger partial charge in [-0.2, -0.15) is 0 Å². The van der Waals surface area contributed by atoms with E-state index in [9.17, 15) is 0 Å². The summed E-state index contributed by atoms with van der Waals surface area (Å²) in [6.45, 7) is 2.05. The van der Waals surface area contributed by atoms with E-state index in [-0.39, 0.29) is 6.04 Å². The van der Waals surface area contributed by atoms with E-state index in [4.69, 9.17) is 33.7 Å². The molecule has 1 atom stereocenters. The monoisotopic (exact) mass is 247 g/mol. The predicted octanol–water partition coefficient (Wildman–Crippen LogP) is 3.28. The van der Waals surface area contributed by atoms with Gasteiger partial charge in [-0.25, -0.2) is 0 Å². The summed E-state index contributed by atoms with van der Waals surface area (Å²) in [6, 6.07) is 3.84. The molecule has 0 radical (unpaired) electrons. The minimum atomic E-state index is 0.144. The third-order valence-corrected chi connectivity index (χ3v) is 2.85. The van der Waals surface area contributed by atoms with Gasteiger partial charge in [-0.05, 0) is 30.5 Å². The van der Waals surface area contributed by atoms with Crippen LogP contribution in [0.5, 0.6) is 5.75 Å². The van der Waals surface area contributed by atoms with Crippen LogP contribution in [0, 0.1) is 0 Å². The number of ether oxygens (including phenoxy) is 1. The lowest BCUT2D eigenvalue weighted by molar-refractivity contribution is 0.415. The van der Waals surface area contributed by atoms with E-state index in [0.29, 0.717) is 15.8 Å². The van der Waals surface area contributed by atoms with Crippen LogP contribution in [0.15, 0.2) is 12.1 Å². The van der Waals surface area contributed by atoms with Crippen LogP contribution in [-0.2, 0) is 6.42 Å². The molecule has 0 saturated heterocycles. The highest BCUT2D eigenvalue weighted by molar-refractivity contribution is 6.37. The van der Waals surface area contributed by atoms with Gasteiger partial charge in [-0.1, -0.05) is 30.1 Å². The van der Waals surface area contributed by atoms with E-state index in [0.717, 1.165) is 18.4 Å². The molecule has 1 aromatic rings. The summed E-state index contributed by atoms with van der Waals surface area (Å²) >= 11 is 12.0. The van der Waals surface area contributed by atoms with E-state index in [1.165, 1.54) is 0 Å². The van der Waals surface area contributed by atoms with Crippen molar-refractivity contribution >= 4 is 23.2 Å². The van der Waals surface area contributed by atoms with Gasteiger partial charge in [0.05, 0.1) is 17.2 Å². The molecule has 0 bridgehead atoms. The third kappa shape index (κ3) is 3.26. The summed E-state index contributed by atoms with van der Waals surface area (Å²) in [5.41, 5.74) is 6.90. The van der Waals surface area contributed by atoms with Gasteiger partial charge < -0.3 is 10.5 Å². The lowest BCUT2D eigenvalue weighted by Crippen LogP contribution is -2.21. The largest absolute Gasteiger partial charge is 0.494 e. The summed E-state index contributed by atoms with van der Waals surface area (Å²) in [4.78, 5) is 0. The van der Waals surface area contributed by atoms with E-state index >= 15 is 0 Å². The molecule has 0 aliphatic heterocycles. The second kappa shape index (κ2) is 5.59. The molecule has 0 heterocycles. The lowest BCUT2D eigenvalue weighted by Gasteiger charge is -2.11. The molecule has 15 heavy (non-hydrogen) atoms. The Hall–Kier alpha value is -0.440. The topological polar surface area (TPSA) is 35.2 Å². The molecule has 2 nitrogen and oxygen atoms in total. The summed E-state index contributed by atoms with van der Waals surface area (Å²) in [5, 5.41) is 1.06. The van der Waals surface area contributed by atoms with Gasteiger partial charge in [0.25, 0.3) is 0 Å². The van der Waals surface area contributed by atoms with Crippen molar-refractivity contribution in [3.8, 4) is 5.75 Å². The number of benzene rings is 1. The Balaban J connectivity index is 2.93. The minimum Gasteiger partial charge on any atom is -0.494 e. The number of nitrogens with two attached hydrogens (primary N) is 1. The van der Waals surface area contributed by atoms with E-state index in [1.807, 2.05) is 12.1 Å². The molecule has 0 aliphatic carbocycles. The van der Waals surface area contributed by atoms with Crippen molar-refractivity contribution in [3.63, 3.8) is 0 Å². The first-order chi connectivity index (χ1) is 7.08. The van der Waals surface area contributed by atoms with Crippen LogP contribution in [0.2, 0.25) is 10.0 Å². The molecular weight excluding hydrogens is 233 g/mol. The Morgan fingerprint density at radius 1 is 1.33 bits per heavy atom. The lowest BCUT2D eigenvalue weighted by atomic mass is 10.0. The van der Waals surface area contributed by atoms with Crippen molar-refractivity contribution in [2.24, 2.45) is 5.73 Å². The van der Waals surface area contributed by atoms with Crippen LogP contribution in [0.25, 0.3) is 0 Å². The van der Waals surface area contributed by atoms with Crippen LogP contribution in [0.1, 0.15) is 18.9 Å². The first-order valence-corrected chi connectivity index (χ1v) is 5.61. The second-order valence-electron chi connectivity index (χ2n) is 3.47. The molecule has 0 amide bonds. The Bertz CT molecular complexity index is 318. The van der Waals surface area contributed by atoms with Crippen molar-refractivity contribution in [3.05, 3.63) is 27.7 Å². The molecule has 1 rings (SSSR count). The van der Waals surface area contributed by atoms with Crippen LogP contribution in [0.4, 0.5) is 0 Å². The number of hydrogen-bond acceptors (Lipinski definition) is 2. The van der Waals surface area contributed by atoms with Gasteiger partial charge in [0.2, 0.25) is 0 Å². The quantitative estimate of drug-likeness (QED) is 0.887. The maximum absolute atomic E-state index is 6.01. The molecule has 1 aromatic carbocycles. The zero-order valence-electron chi connectivity index (χ0n) is 8.89. The molecule has 4 heteroatoms. The first kappa shape index (κ1) is 12.6. The van der Waals surface area contributed by atoms with E-state index in [2.05, 4.69) is 6.92 Å². The number of rotatable bonds is 4. The Kier molecular flexibility index (Phi) is 4.71. The summed E-state index contributed by atoms with van der Waals surface area (Å²) in [7, 11) is 1.55. The van der Waals surface area contributed by atoms with Gasteiger partial charge in [-0.3, -0.25) is 0 Å². The Morgan fingerprint density at radius 2 is 1.87 bits per heavy atom. The molecule has 0 saturated carbocycles. The van der Waals surface area contributed by atoms with E-state index < -0.39 is 0 Å². The van der Waals surface area contributed by atoms with Crippen LogP contribution in [0.3, 0.4) is 0 Å². The zero-order chi connectivity index (χ0) is 11.4. The predicted molar refractivity (Wildman–Crippen MR) is 65.0 cm³/mol. The maximum atomic E-state index is 6.01. The van der Waals surface area contributed by atoms with Crippen LogP contribution < -0.4 is 10.5 Å². The summed E-state index contributed by atoms with van der Waals surface area (Å²) in [6.07, 6.45) is 1.71. The van der Waals surface area contributed by atoms with Gasteiger partial charge >= 0.3 is 0 Å². The smallest absolute Gasteiger partial charge is 0.156 e. The average Bonchev–Trinajstić information content (AvgIpc) is 2.17. The fraction of sp³-hybridized carbons (Fsp3) is 0.455. The second-order valence-corrected chi connectivity index (χ2v) is 4.28. The fourth-order valence-electron chi connectivity index (χ4n) is 1.37. The van der Waals surface area contributed by atoms with Crippen LogP contribution >= 0.6 is 23.2 Å². The van der Waals surface area contributed by atoms with Gasteiger partial charge in [0.1, 0.15) is 0 Å². The molecule has 84 valence electrons. The van der Waals surface area contributed by atoms with Crippen molar-refractivity contribution < 1.29 is 4.74 Å². The molecule has 0 spiro atoms. The highest BCUT2D eigenvalue weighted by atomic mass is 35.5. The maximum Gasteiger partial charge on any atom is 0.156 e. The number of halogens is 2. The number of hydrogen-bond donors (Lipinski definition) is 1. The first-order valence-electron chi connectivity index (χ1n) is 4.86. The molecule has 0 aliphatic rings. The van der Waals surface area contributed by atoms with Crippen molar-refractivity contribution in [2.45, 2.75) is 25.8 Å². The molecule has 2 N–H and O–H groups in total.